The maximum atomic E-state index is 13.3. The molecule has 3 atom stereocenters. The van der Waals surface area contributed by atoms with Crippen molar-refractivity contribution >= 4 is 44.8 Å². The van der Waals surface area contributed by atoms with Crippen LogP contribution < -0.4 is 9.62 Å². The molecule has 0 spiro atoms. The monoisotopic (exact) mass is 452 g/mol. The smallest absolute Gasteiger partial charge is 0.264 e. The van der Waals surface area contributed by atoms with Crippen LogP contribution in [0.2, 0.25) is 10.0 Å². The molecule has 0 unspecified atom stereocenters. The lowest BCUT2D eigenvalue weighted by Gasteiger charge is -2.28. The Labute approximate surface area is 181 Å². The van der Waals surface area contributed by atoms with Gasteiger partial charge in [0.05, 0.1) is 20.6 Å². The lowest BCUT2D eigenvalue weighted by Crippen LogP contribution is -2.46. The topological polar surface area (TPSA) is 66.5 Å². The number of carbonyl (C=O) groups excluding carboxylic acids is 1. The number of hydrogen-bond acceptors (Lipinski definition) is 3. The maximum Gasteiger partial charge on any atom is 0.264 e. The van der Waals surface area contributed by atoms with Crippen LogP contribution in [0.25, 0.3) is 0 Å². The van der Waals surface area contributed by atoms with Gasteiger partial charge in [-0.1, -0.05) is 53.9 Å². The number of carbonyl (C=O) groups is 1. The second-order valence-corrected chi connectivity index (χ2v) is 10.4. The number of amides is 1. The Morgan fingerprint density at radius 2 is 1.79 bits per heavy atom. The quantitative estimate of drug-likeness (QED) is 0.701. The number of sulfonamides is 1. The SMILES string of the molecule is O=C(CN(c1cccc(Cl)c1Cl)S(=O)(=O)c1ccccc1)N[C@H]1C[C@H]2CC[C@H]1C2. The molecule has 29 heavy (non-hydrogen) atoms. The highest BCUT2D eigenvalue weighted by Gasteiger charge is 2.40. The minimum absolute atomic E-state index is 0.0868. The Hall–Kier alpha value is -1.76. The van der Waals surface area contributed by atoms with E-state index >= 15 is 0 Å². The first-order valence-corrected chi connectivity index (χ1v) is 11.9. The van der Waals surface area contributed by atoms with Gasteiger partial charge in [-0.2, -0.15) is 0 Å². The van der Waals surface area contributed by atoms with Crippen molar-refractivity contribution in [1.29, 1.82) is 0 Å². The summed E-state index contributed by atoms with van der Waals surface area (Å²) in [4.78, 5) is 12.9. The third-order valence-electron chi connectivity index (χ3n) is 5.90. The van der Waals surface area contributed by atoms with Crippen molar-refractivity contribution in [2.45, 2.75) is 36.6 Å². The molecule has 2 aliphatic rings. The molecule has 0 heterocycles. The molecule has 8 heteroatoms. The van der Waals surface area contributed by atoms with E-state index in [1.807, 2.05) is 0 Å². The largest absolute Gasteiger partial charge is 0.352 e. The van der Waals surface area contributed by atoms with E-state index in [2.05, 4.69) is 5.32 Å². The lowest BCUT2D eigenvalue weighted by atomic mass is 9.95. The van der Waals surface area contributed by atoms with Crippen LogP contribution in [0.1, 0.15) is 25.7 Å². The maximum absolute atomic E-state index is 13.3. The van der Waals surface area contributed by atoms with Crippen molar-refractivity contribution < 1.29 is 13.2 Å². The number of fused-ring (bicyclic) bond motifs is 2. The molecule has 2 fully saturated rings. The third kappa shape index (κ3) is 4.11. The summed E-state index contributed by atoms with van der Waals surface area (Å²) < 4.78 is 27.7. The first-order chi connectivity index (χ1) is 13.9. The summed E-state index contributed by atoms with van der Waals surface area (Å²) in [5, 5.41) is 3.37. The van der Waals surface area contributed by atoms with Crippen molar-refractivity contribution in [3.05, 3.63) is 58.6 Å². The lowest BCUT2D eigenvalue weighted by molar-refractivity contribution is -0.120. The highest BCUT2D eigenvalue weighted by atomic mass is 35.5. The van der Waals surface area contributed by atoms with Gasteiger partial charge < -0.3 is 5.32 Å². The molecule has 1 amide bonds. The highest BCUT2D eigenvalue weighted by molar-refractivity contribution is 7.92. The molecular formula is C21H22Cl2N2O3S. The van der Waals surface area contributed by atoms with Gasteiger partial charge in [-0.05, 0) is 55.4 Å². The van der Waals surface area contributed by atoms with Gasteiger partial charge in [0, 0.05) is 6.04 Å². The Morgan fingerprint density at radius 1 is 1.03 bits per heavy atom. The Kier molecular flexibility index (Phi) is 5.78. The second kappa shape index (κ2) is 8.17. The number of halogens is 2. The van der Waals surface area contributed by atoms with Crippen molar-refractivity contribution in [3.63, 3.8) is 0 Å². The van der Waals surface area contributed by atoms with E-state index in [4.69, 9.17) is 23.2 Å². The standard InChI is InChI=1S/C21H22Cl2N2O3S/c22-17-7-4-8-19(21(17)23)25(29(27,28)16-5-2-1-3-6-16)13-20(26)24-18-12-14-9-10-15(18)11-14/h1-8,14-15,18H,9-13H2,(H,24,26)/t14-,15-,18-/m0/s1. The fourth-order valence-corrected chi connectivity index (χ4v) is 6.41. The molecule has 0 saturated heterocycles. The minimum Gasteiger partial charge on any atom is -0.352 e. The van der Waals surface area contributed by atoms with E-state index in [-0.39, 0.29) is 39.1 Å². The predicted octanol–water partition coefficient (Wildman–Crippen LogP) is 4.49. The summed E-state index contributed by atoms with van der Waals surface area (Å²) in [5.41, 5.74) is 0.186. The van der Waals surface area contributed by atoms with E-state index < -0.39 is 10.0 Å². The molecule has 0 radical (unpaired) electrons. The van der Waals surface area contributed by atoms with Crippen LogP contribution in [0.4, 0.5) is 5.69 Å². The zero-order valence-corrected chi connectivity index (χ0v) is 18.1. The van der Waals surface area contributed by atoms with Gasteiger partial charge >= 0.3 is 0 Å². The number of anilines is 1. The fourth-order valence-electron chi connectivity index (χ4n) is 4.51. The molecule has 0 aromatic heterocycles. The fraction of sp³-hybridized carbons (Fsp3) is 0.381. The predicted molar refractivity (Wildman–Crippen MR) is 115 cm³/mol. The molecule has 2 aromatic carbocycles. The summed E-state index contributed by atoms with van der Waals surface area (Å²) in [6.45, 7) is -0.356. The van der Waals surface area contributed by atoms with Crippen molar-refractivity contribution in [3.8, 4) is 0 Å². The molecule has 0 aliphatic heterocycles. The number of nitrogens with one attached hydrogen (secondary N) is 1. The molecule has 2 aromatic rings. The summed E-state index contributed by atoms with van der Waals surface area (Å²) in [6.07, 6.45) is 4.47. The van der Waals surface area contributed by atoms with E-state index in [1.165, 1.54) is 18.6 Å². The highest BCUT2D eigenvalue weighted by Crippen LogP contribution is 2.44. The molecule has 2 bridgehead atoms. The van der Waals surface area contributed by atoms with Crippen LogP contribution >= 0.6 is 23.2 Å². The van der Waals surface area contributed by atoms with Gasteiger partial charge in [0.25, 0.3) is 10.0 Å². The van der Waals surface area contributed by atoms with Gasteiger partial charge in [0.1, 0.15) is 6.54 Å². The molecule has 1 N–H and O–H groups in total. The second-order valence-electron chi connectivity index (χ2n) is 7.75. The Morgan fingerprint density at radius 3 is 2.45 bits per heavy atom. The van der Waals surface area contributed by atoms with Gasteiger partial charge in [-0.25, -0.2) is 8.42 Å². The molecule has 2 saturated carbocycles. The summed E-state index contributed by atoms with van der Waals surface area (Å²) >= 11 is 12.4. The van der Waals surface area contributed by atoms with Gasteiger partial charge in [-0.3, -0.25) is 9.10 Å². The van der Waals surface area contributed by atoms with Crippen molar-refractivity contribution in [2.24, 2.45) is 11.8 Å². The van der Waals surface area contributed by atoms with Gasteiger partial charge in [-0.15, -0.1) is 0 Å². The molecule has 5 nitrogen and oxygen atoms in total. The summed E-state index contributed by atoms with van der Waals surface area (Å²) in [5.74, 6) is 0.841. The van der Waals surface area contributed by atoms with Crippen LogP contribution in [0, 0.1) is 11.8 Å². The van der Waals surface area contributed by atoms with Crippen molar-refractivity contribution in [1.82, 2.24) is 5.32 Å². The minimum atomic E-state index is -4.00. The van der Waals surface area contributed by atoms with Crippen LogP contribution in [0.5, 0.6) is 0 Å². The van der Waals surface area contributed by atoms with Crippen molar-refractivity contribution in [2.75, 3.05) is 10.8 Å². The summed E-state index contributed by atoms with van der Waals surface area (Å²) in [6, 6.07) is 12.9. The zero-order chi connectivity index (χ0) is 20.6. The van der Waals surface area contributed by atoms with E-state index in [0.29, 0.717) is 11.8 Å². The van der Waals surface area contributed by atoms with E-state index in [9.17, 15) is 13.2 Å². The Balaban J connectivity index is 1.63. The average molecular weight is 453 g/mol. The number of benzene rings is 2. The number of hydrogen-bond donors (Lipinski definition) is 1. The normalized spacial score (nSPS) is 23.2. The zero-order valence-electron chi connectivity index (χ0n) is 15.7. The molecule has 2 aliphatic carbocycles. The number of rotatable bonds is 6. The average Bonchev–Trinajstić information content (AvgIpc) is 3.32. The van der Waals surface area contributed by atoms with Crippen LogP contribution in [-0.2, 0) is 14.8 Å². The number of nitrogens with zero attached hydrogens (tertiary/aromatic N) is 1. The van der Waals surface area contributed by atoms with Crippen LogP contribution in [0.3, 0.4) is 0 Å². The van der Waals surface area contributed by atoms with E-state index in [0.717, 1.165) is 23.6 Å². The summed E-state index contributed by atoms with van der Waals surface area (Å²) in [7, 11) is -4.00. The van der Waals surface area contributed by atoms with Gasteiger partial charge in [0.2, 0.25) is 5.91 Å². The first kappa shape index (κ1) is 20.5. The van der Waals surface area contributed by atoms with Gasteiger partial charge in [0.15, 0.2) is 0 Å². The third-order valence-corrected chi connectivity index (χ3v) is 8.49. The Bertz CT molecular complexity index is 1010. The first-order valence-electron chi connectivity index (χ1n) is 9.67. The van der Waals surface area contributed by atoms with Crippen LogP contribution in [-0.4, -0.2) is 26.9 Å². The van der Waals surface area contributed by atoms with Crippen LogP contribution in [0.15, 0.2) is 53.4 Å². The molecule has 4 rings (SSSR count). The van der Waals surface area contributed by atoms with E-state index in [1.54, 1.807) is 36.4 Å². The molecular weight excluding hydrogens is 431 g/mol. The molecule has 154 valence electrons.